The van der Waals surface area contributed by atoms with E-state index >= 15 is 0 Å². The number of sulfonamides is 1. The molecule has 1 atom stereocenters. The van der Waals surface area contributed by atoms with Crippen LogP contribution in [0.5, 0.6) is 0 Å². The van der Waals surface area contributed by atoms with Gasteiger partial charge in [-0.15, -0.1) is 0 Å². The second-order valence-electron chi connectivity index (χ2n) is 6.43. The zero-order valence-corrected chi connectivity index (χ0v) is 15.6. The molecule has 1 amide bonds. The molecule has 0 spiro atoms. The van der Waals surface area contributed by atoms with Gasteiger partial charge < -0.3 is 9.64 Å². The van der Waals surface area contributed by atoms with Gasteiger partial charge in [-0.1, -0.05) is 18.2 Å². The van der Waals surface area contributed by atoms with E-state index in [0.29, 0.717) is 31.0 Å². The summed E-state index contributed by atoms with van der Waals surface area (Å²) in [5.41, 5.74) is 1.67. The van der Waals surface area contributed by atoms with Crippen LogP contribution in [-0.2, 0) is 14.8 Å². The number of anilines is 1. The summed E-state index contributed by atoms with van der Waals surface area (Å²) in [5, 5.41) is 0. The second kappa shape index (κ2) is 7.47. The molecule has 1 saturated heterocycles. The topological polar surface area (TPSA) is 75.7 Å². The maximum atomic E-state index is 12.7. The van der Waals surface area contributed by atoms with Gasteiger partial charge in [-0.2, -0.15) is 0 Å². The van der Waals surface area contributed by atoms with Gasteiger partial charge in [-0.25, -0.2) is 8.42 Å². The standard InChI is InChI=1S/C19H22N2O4S/c1-14-5-3-8-18(11-14)26(23,24)20-17-7-4-6-16(12-17)19(22)21-9-10-25-13-15(21)2/h3-8,11-12,15,20H,9-10,13H2,1-2H3. The fraction of sp³-hybridized carbons (Fsp3) is 0.316. The van der Waals surface area contributed by atoms with Crippen LogP contribution >= 0.6 is 0 Å². The molecule has 0 saturated carbocycles. The van der Waals surface area contributed by atoms with E-state index in [9.17, 15) is 13.2 Å². The van der Waals surface area contributed by atoms with Crippen LogP contribution in [0.1, 0.15) is 22.8 Å². The van der Waals surface area contributed by atoms with Crippen molar-refractivity contribution in [3.8, 4) is 0 Å². The third kappa shape index (κ3) is 4.05. The molecule has 1 unspecified atom stereocenters. The van der Waals surface area contributed by atoms with E-state index in [4.69, 9.17) is 4.74 Å². The highest BCUT2D eigenvalue weighted by molar-refractivity contribution is 7.92. The van der Waals surface area contributed by atoms with Crippen molar-refractivity contribution < 1.29 is 17.9 Å². The Morgan fingerprint density at radius 1 is 1.19 bits per heavy atom. The van der Waals surface area contributed by atoms with Crippen molar-refractivity contribution >= 4 is 21.6 Å². The predicted molar refractivity (Wildman–Crippen MR) is 99.7 cm³/mol. The molecule has 0 bridgehead atoms. The smallest absolute Gasteiger partial charge is 0.261 e. The first-order chi connectivity index (χ1) is 12.4. The van der Waals surface area contributed by atoms with E-state index in [-0.39, 0.29) is 16.8 Å². The molecule has 0 aromatic heterocycles. The summed E-state index contributed by atoms with van der Waals surface area (Å²) in [7, 11) is -3.71. The molecule has 26 heavy (non-hydrogen) atoms. The number of benzene rings is 2. The van der Waals surface area contributed by atoms with Crippen LogP contribution in [0.3, 0.4) is 0 Å². The number of morpholine rings is 1. The summed E-state index contributed by atoms with van der Waals surface area (Å²) < 4.78 is 33.0. The fourth-order valence-corrected chi connectivity index (χ4v) is 4.06. The molecule has 2 aromatic rings. The minimum Gasteiger partial charge on any atom is -0.377 e. The van der Waals surface area contributed by atoms with Gasteiger partial charge >= 0.3 is 0 Å². The number of nitrogens with zero attached hydrogens (tertiary/aromatic N) is 1. The Balaban J connectivity index is 1.82. The molecule has 1 fully saturated rings. The van der Waals surface area contributed by atoms with E-state index in [1.54, 1.807) is 47.4 Å². The Kier molecular flexibility index (Phi) is 5.29. The lowest BCUT2D eigenvalue weighted by atomic mass is 10.1. The van der Waals surface area contributed by atoms with Crippen LogP contribution in [-0.4, -0.2) is 45.0 Å². The molecule has 1 aliphatic heterocycles. The van der Waals surface area contributed by atoms with Gasteiger partial charge in [0.25, 0.3) is 15.9 Å². The van der Waals surface area contributed by atoms with Crippen LogP contribution < -0.4 is 4.72 Å². The van der Waals surface area contributed by atoms with Gasteiger partial charge in [0, 0.05) is 17.8 Å². The predicted octanol–water partition coefficient (Wildman–Crippen LogP) is 2.66. The SMILES string of the molecule is Cc1cccc(S(=O)(=O)Nc2cccc(C(=O)N3CCOCC3C)c2)c1. The monoisotopic (exact) mass is 374 g/mol. The van der Waals surface area contributed by atoms with Gasteiger partial charge in [0.1, 0.15) is 0 Å². The number of ether oxygens (including phenoxy) is 1. The summed E-state index contributed by atoms with van der Waals surface area (Å²) in [5.74, 6) is -0.127. The van der Waals surface area contributed by atoms with E-state index in [1.807, 2.05) is 19.9 Å². The Morgan fingerprint density at radius 2 is 1.96 bits per heavy atom. The van der Waals surface area contributed by atoms with E-state index in [2.05, 4.69) is 4.72 Å². The molecule has 0 radical (unpaired) electrons. The zero-order valence-electron chi connectivity index (χ0n) is 14.8. The van der Waals surface area contributed by atoms with Crippen LogP contribution in [0.4, 0.5) is 5.69 Å². The summed E-state index contributed by atoms with van der Waals surface area (Å²) in [4.78, 5) is 14.7. The summed E-state index contributed by atoms with van der Waals surface area (Å²) in [6.45, 7) is 5.31. The van der Waals surface area contributed by atoms with Crippen molar-refractivity contribution in [3.05, 3.63) is 59.7 Å². The molecule has 1 aliphatic rings. The Hall–Kier alpha value is -2.38. The van der Waals surface area contributed by atoms with E-state index in [0.717, 1.165) is 5.56 Å². The first kappa shape index (κ1) is 18.4. The Morgan fingerprint density at radius 3 is 2.69 bits per heavy atom. The summed E-state index contributed by atoms with van der Waals surface area (Å²) >= 11 is 0. The lowest BCUT2D eigenvalue weighted by Crippen LogP contribution is -2.47. The average molecular weight is 374 g/mol. The zero-order chi connectivity index (χ0) is 18.7. The number of nitrogens with one attached hydrogen (secondary N) is 1. The van der Waals surface area contributed by atoms with Crippen LogP contribution in [0.15, 0.2) is 53.4 Å². The number of carbonyl (C=O) groups is 1. The molecule has 0 aliphatic carbocycles. The highest BCUT2D eigenvalue weighted by Crippen LogP contribution is 2.20. The lowest BCUT2D eigenvalue weighted by molar-refractivity contribution is 0.00360. The van der Waals surface area contributed by atoms with Gasteiger partial charge in [-0.3, -0.25) is 9.52 Å². The minimum atomic E-state index is -3.71. The first-order valence-corrected chi connectivity index (χ1v) is 9.93. The largest absolute Gasteiger partial charge is 0.377 e. The third-order valence-electron chi connectivity index (χ3n) is 4.29. The van der Waals surface area contributed by atoms with Gasteiger partial charge in [0.05, 0.1) is 24.2 Å². The minimum absolute atomic E-state index is 0.0103. The number of rotatable bonds is 4. The van der Waals surface area contributed by atoms with Crippen LogP contribution in [0, 0.1) is 6.92 Å². The molecule has 6 nitrogen and oxygen atoms in total. The van der Waals surface area contributed by atoms with Crippen molar-refractivity contribution in [2.24, 2.45) is 0 Å². The maximum absolute atomic E-state index is 12.7. The Bertz CT molecular complexity index is 911. The van der Waals surface area contributed by atoms with Crippen LogP contribution in [0.2, 0.25) is 0 Å². The van der Waals surface area contributed by atoms with Crippen molar-refractivity contribution in [2.45, 2.75) is 24.8 Å². The fourth-order valence-electron chi connectivity index (χ4n) is 2.91. The molecule has 138 valence electrons. The molecule has 1 N–H and O–H groups in total. The quantitative estimate of drug-likeness (QED) is 0.893. The second-order valence-corrected chi connectivity index (χ2v) is 8.11. The lowest BCUT2D eigenvalue weighted by Gasteiger charge is -2.33. The molecule has 1 heterocycles. The Labute approximate surface area is 153 Å². The first-order valence-electron chi connectivity index (χ1n) is 8.45. The highest BCUT2D eigenvalue weighted by Gasteiger charge is 2.25. The van der Waals surface area contributed by atoms with E-state index < -0.39 is 10.0 Å². The maximum Gasteiger partial charge on any atom is 0.261 e. The van der Waals surface area contributed by atoms with E-state index in [1.165, 1.54) is 0 Å². The molecule has 2 aromatic carbocycles. The molecule has 3 rings (SSSR count). The van der Waals surface area contributed by atoms with Gasteiger partial charge in [-0.05, 0) is 49.7 Å². The number of carbonyl (C=O) groups excluding carboxylic acids is 1. The number of hydrogen-bond acceptors (Lipinski definition) is 4. The van der Waals surface area contributed by atoms with Crippen molar-refractivity contribution in [1.29, 1.82) is 0 Å². The van der Waals surface area contributed by atoms with Gasteiger partial charge in [0.2, 0.25) is 0 Å². The average Bonchev–Trinajstić information content (AvgIpc) is 2.61. The molecular weight excluding hydrogens is 352 g/mol. The number of hydrogen-bond donors (Lipinski definition) is 1. The van der Waals surface area contributed by atoms with Crippen molar-refractivity contribution in [3.63, 3.8) is 0 Å². The summed E-state index contributed by atoms with van der Waals surface area (Å²) in [6, 6.07) is 13.2. The van der Waals surface area contributed by atoms with Crippen molar-refractivity contribution in [2.75, 3.05) is 24.5 Å². The summed E-state index contributed by atoms with van der Waals surface area (Å²) in [6.07, 6.45) is 0. The number of amides is 1. The van der Waals surface area contributed by atoms with Crippen LogP contribution in [0.25, 0.3) is 0 Å². The normalized spacial score (nSPS) is 17.8. The molecule has 7 heteroatoms. The van der Waals surface area contributed by atoms with Crippen molar-refractivity contribution in [1.82, 2.24) is 4.90 Å². The van der Waals surface area contributed by atoms with Gasteiger partial charge in [0.15, 0.2) is 0 Å². The highest BCUT2D eigenvalue weighted by atomic mass is 32.2. The number of aryl methyl sites for hydroxylation is 1. The third-order valence-corrected chi connectivity index (χ3v) is 5.67. The molecular formula is C19H22N2O4S.